The Bertz CT molecular complexity index is 1490. The van der Waals surface area contributed by atoms with Crippen molar-refractivity contribution in [2.45, 2.75) is 9.79 Å². The van der Waals surface area contributed by atoms with Gasteiger partial charge in [-0.3, -0.25) is 9.11 Å². The van der Waals surface area contributed by atoms with Crippen molar-refractivity contribution in [1.29, 1.82) is 0 Å². The molecule has 0 amide bonds. The van der Waals surface area contributed by atoms with Crippen LogP contribution < -0.4 is 4.74 Å². The number of rotatable bonds is 7. The van der Waals surface area contributed by atoms with E-state index in [1.54, 1.807) is 0 Å². The molecule has 0 aliphatic carbocycles. The van der Waals surface area contributed by atoms with Gasteiger partial charge < -0.3 is 9.84 Å². The van der Waals surface area contributed by atoms with E-state index in [4.69, 9.17) is 4.74 Å². The normalized spacial score (nSPS) is 12.2. The van der Waals surface area contributed by atoms with E-state index in [9.17, 15) is 31.0 Å². The van der Waals surface area contributed by atoms with Crippen molar-refractivity contribution in [3.63, 3.8) is 0 Å². The number of nitrogens with zero attached hydrogens (tertiary/aromatic N) is 2. The molecule has 0 aliphatic heterocycles. The van der Waals surface area contributed by atoms with E-state index >= 15 is 0 Å². The minimum Gasteiger partial charge on any atom is -0.506 e. The minimum atomic E-state index is -4.59. The summed E-state index contributed by atoms with van der Waals surface area (Å²) in [5, 5.41) is 18.9. The van der Waals surface area contributed by atoms with Crippen LogP contribution in [-0.2, 0) is 20.2 Å². The van der Waals surface area contributed by atoms with Crippen LogP contribution in [0.3, 0.4) is 0 Å². The first kappa shape index (κ1) is 23.1. The molecule has 0 heterocycles. The van der Waals surface area contributed by atoms with Crippen LogP contribution in [0, 0.1) is 0 Å². The molecule has 10 nitrogen and oxygen atoms in total. The average Bonchev–Trinajstić information content (AvgIpc) is 2.71. The molecule has 3 N–H and O–H groups in total. The van der Waals surface area contributed by atoms with Crippen molar-refractivity contribution in [2.24, 2.45) is 10.2 Å². The smallest absolute Gasteiger partial charge is 0.295 e. The molecule has 3 aromatic carbocycles. The molecule has 0 saturated carbocycles. The molecule has 0 bridgehead atoms. The number of azo groups is 1. The Hall–Kier alpha value is -3.58. The molecule has 0 aliphatic rings. The summed E-state index contributed by atoms with van der Waals surface area (Å²) in [5.74, 6) is -0.374. The topological polar surface area (TPSA) is 163 Å². The van der Waals surface area contributed by atoms with Gasteiger partial charge in [0.2, 0.25) is 0 Å². The predicted molar refractivity (Wildman–Crippen MR) is 117 cm³/mol. The fourth-order valence-corrected chi connectivity index (χ4v) is 4.07. The summed E-state index contributed by atoms with van der Waals surface area (Å²) in [6, 6.07) is 8.64. The van der Waals surface area contributed by atoms with Crippen molar-refractivity contribution in [3.05, 3.63) is 67.4 Å². The number of hydrogen-bond donors (Lipinski definition) is 3. The first-order valence-electron chi connectivity index (χ1n) is 8.66. The van der Waals surface area contributed by atoms with E-state index < -0.39 is 25.1 Å². The lowest BCUT2D eigenvalue weighted by Crippen LogP contribution is -2.01. The van der Waals surface area contributed by atoms with Crippen molar-refractivity contribution in [1.82, 2.24) is 0 Å². The van der Waals surface area contributed by atoms with Crippen LogP contribution in [0.4, 0.5) is 11.4 Å². The van der Waals surface area contributed by atoms with Gasteiger partial charge in [0.05, 0.1) is 11.2 Å². The predicted octanol–water partition coefficient (Wildman–Crippen LogP) is 4.62. The van der Waals surface area contributed by atoms with Crippen molar-refractivity contribution in [2.75, 3.05) is 0 Å². The summed E-state index contributed by atoms with van der Waals surface area (Å²) >= 11 is 0. The first-order valence-corrected chi connectivity index (χ1v) is 11.5. The SMILES string of the molecule is C=COc1cc(S(=O)(=O)O)c(C=C)cc1N=Nc1c(O)ccc2cc(S(=O)(=O)O)ccc12. The number of phenolic OH excluding ortho intramolecular Hbond substituents is 1. The minimum absolute atomic E-state index is 0.0204. The van der Waals surface area contributed by atoms with Crippen LogP contribution in [0.25, 0.3) is 16.8 Å². The summed E-state index contributed by atoms with van der Waals surface area (Å²) in [5.41, 5.74) is 0.0314. The highest BCUT2D eigenvalue weighted by Gasteiger charge is 2.19. The Morgan fingerprint density at radius 2 is 1.62 bits per heavy atom. The molecular weight excluding hydrogens is 460 g/mol. The summed E-state index contributed by atoms with van der Waals surface area (Å²) in [7, 11) is -9.02. The van der Waals surface area contributed by atoms with E-state index in [2.05, 4.69) is 23.4 Å². The third-order valence-corrected chi connectivity index (χ3v) is 6.06. The maximum Gasteiger partial charge on any atom is 0.295 e. The van der Waals surface area contributed by atoms with Crippen LogP contribution in [-0.4, -0.2) is 31.0 Å². The van der Waals surface area contributed by atoms with Crippen LogP contribution in [0.5, 0.6) is 11.5 Å². The highest BCUT2D eigenvalue weighted by molar-refractivity contribution is 7.86. The Morgan fingerprint density at radius 1 is 0.906 bits per heavy atom. The molecule has 3 aromatic rings. The fraction of sp³-hybridized carbons (Fsp3) is 0. The van der Waals surface area contributed by atoms with Gasteiger partial charge in [0.25, 0.3) is 20.2 Å². The number of hydrogen-bond acceptors (Lipinski definition) is 8. The molecule has 0 aromatic heterocycles. The molecule has 0 fully saturated rings. The van der Waals surface area contributed by atoms with Gasteiger partial charge in [-0.25, -0.2) is 0 Å². The molecule has 0 radical (unpaired) electrons. The first-order chi connectivity index (χ1) is 15.0. The Morgan fingerprint density at radius 3 is 2.22 bits per heavy atom. The van der Waals surface area contributed by atoms with Gasteiger partial charge in [0, 0.05) is 11.5 Å². The zero-order chi connectivity index (χ0) is 23.7. The van der Waals surface area contributed by atoms with E-state index in [0.717, 1.165) is 18.4 Å². The fourth-order valence-electron chi connectivity index (χ4n) is 2.86. The maximum atomic E-state index is 11.6. The third-order valence-electron chi connectivity index (χ3n) is 4.30. The lowest BCUT2D eigenvalue weighted by atomic mass is 10.1. The quantitative estimate of drug-likeness (QED) is 0.253. The third kappa shape index (κ3) is 4.68. The second-order valence-corrected chi connectivity index (χ2v) is 9.12. The van der Waals surface area contributed by atoms with E-state index in [-0.39, 0.29) is 33.3 Å². The average molecular weight is 476 g/mol. The Labute approximate surface area is 183 Å². The van der Waals surface area contributed by atoms with Gasteiger partial charge in [-0.05, 0) is 35.2 Å². The van der Waals surface area contributed by atoms with Gasteiger partial charge in [0.15, 0.2) is 5.75 Å². The monoisotopic (exact) mass is 476 g/mol. The second-order valence-electron chi connectivity index (χ2n) is 6.31. The lowest BCUT2D eigenvalue weighted by Gasteiger charge is -2.10. The molecule has 32 heavy (non-hydrogen) atoms. The molecule has 0 spiro atoms. The van der Waals surface area contributed by atoms with Crippen LogP contribution in [0.15, 0.2) is 81.9 Å². The maximum absolute atomic E-state index is 11.6. The second kappa shape index (κ2) is 8.51. The molecule has 3 rings (SSSR count). The number of aromatic hydroxyl groups is 1. The van der Waals surface area contributed by atoms with Crippen LogP contribution in [0.2, 0.25) is 0 Å². The van der Waals surface area contributed by atoms with Gasteiger partial charge >= 0.3 is 0 Å². The summed E-state index contributed by atoms with van der Waals surface area (Å²) < 4.78 is 69.8. The van der Waals surface area contributed by atoms with Crippen molar-refractivity contribution < 1.29 is 35.8 Å². The lowest BCUT2D eigenvalue weighted by molar-refractivity contribution is 0.472. The Kier molecular flexibility index (Phi) is 6.14. The highest BCUT2D eigenvalue weighted by atomic mass is 32.2. The van der Waals surface area contributed by atoms with Gasteiger partial charge in [-0.2, -0.15) is 16.8 Å². The van der Waals surface area contributed by atoms with Crippen molar-refractivity contribution in [3.8, 4) is 11.5 Å². The van der Waals surface area contributed by atoms with Gasteiger partial charge in [-0.1, -0.05) is 31.4 Å². The Balaban J connectivity index is 2.19. The van der Waals surface area contributed by atoms with Gasteiger partial charge in [-0.15, -0.1) is 10.2 Å². The summed E-state index contributed by atoms with van der Waals surface area (Å²) in [4.78, 5) is -0.800. The van der Waals surface area contributed by atoms with Crippen LogP contribution in [0.1, 0.15) is 5.56 Å². The molecule has 166 valence electrons. The zero-order valence-corrected chi connectivity index (χ0v) is 17.8. The van der Waals surface area contributed by atoms with Gasteiger partial charge in [0.1, 0.15) is 22.0 Å². The van der Waals surface area contributed by atoms with Crippen LogP contribution >= 0.6 is 0 Å². The number of ether oxygens (including phenoxy) is 1. The zero-order valence-electron chi connectivity index (χ0n) is 16.2. The molecule has 12 heteroatoms. The highest BCUT2D eigenvalue weighted by Crippen LogP contribution is 2.39. The standard InChI is InChI=1S/C20H16N2O8S2/c1-3-12-10-16(18(30-4-2)11-19(12)32(27,28)29)21-22-20-15-7-6-14(31(24,25)26)9-13(15)5-8-17(20)23/h3-11,23H,1-2H2,(H,24,25,26)(H,27,28,29). The molecule has 0 unspecified atom stereocenters. The van der Waals surface area contributed by atoms with E-state index in [1.165, 1.54) is 36.4 Å². The van der Waals surface area contributed by atoms with E-state index in [1.807, 2.05) is 0 Å². The number of phenols is 1. The number of fused-ring (bicyclic) bond motifs is 1. The molecular formula is C20H16N2O8S2. The number of benzene rings is 3. The van der Waals surface area contributed by atoms with E-state index in [0.29, 0.717) is 10.8 Å². The summed E-state index contributed by atoms with van der Waals surface area (Å²) in [6.45, 7) is 6.90. The molecule has 0 saturated heterocycles. The summed E-state index contributed by atoms with van der Waals surface area (Å²) in [6.07, 6.45) is 2.20. The largest absolute Gasteiger partial charge is 0.506 e. The van der Waals surface area contributed by atoms with Crippen molar-refractivity contribution >= 4 is 48.5 Å². The molecule has 0 atom stereocenters.